The fourth-order valence-corrected chi connectivity index (χ4v) is 2.62. The molecule has 1 heterocycles. The van der Waals surface area contributed by atoms with Crippen LogP contribution in [-0.2, 0) is 25.6 Å². The average Bonchev–Trinajstić information content (AvgIpc) is 2.70. The van der Waals surface area contributed by atoms with E-state index >= 15 is 0 Å². The van der Waals surface area contributed by atoms with Gasteiger partial charge in [0.05, 0.1) is 7.11 Å². The van der Waals surface area contributed by atoms with Crippen LogP contribution in [0, 0.1) is 0 Å². The fraction of sp³-hybridized carbons (Fsp3) is 0.579. The van der Waals surface area contributed by atoms with Crippen molar-refractivity contribution >= 4 is 12.1 Å². The summed E-state index contributed by atoms with van der Waals surface area (Å²) in [6.45, 7) is 1.47. The quantitative estimate of drug-likeness (QED) is 0.690. The van der Waals surface area contributed by atoms with Crippen molar-refractivity contribution in [1.29, 1.82) is 0 Å². The number of nitrogens with zero attached hydrogens (tertiary/aromatic N) is 1. The molecule has 1 aromatic rings. The molecule has 2 atom stereocenters. The third-order valence-electron chi connectivity index (χ3n) is 4.25. The lowest BCUT2D eigenvalue weighted by Crippen LogP contribution is -2.37. The fourth-order valence-electron chi connectivity index (χ4n) is 2.62. The predicted molar refractivity (Wildman–Crippen MR) is 98.3 cm³/mol. The third-order valence-corrected chi connectivity index (χ3v) is 4.25. The molecule has 27 heavy (non-hydrogen) atoms. The van der Waals surface area contributed by atoms with Crippen LogP contribution in [0.2, 0.25) is 0 Å². The van der Waals surface area contributed by atoms with Crippen LogP contribution in [-0.4, -0.2) is 63.7 Å². The maximum absolute atomic E-state index is 11.9. The maximum Gasteiger partial charge on any atom is 0.409 e. The second kappa shape index (κ2) is 10.7. The molecule has 0 aromatic heterocycles. The molecule has 1 aliphatic rings. The van der Waals surface area contributed by atoms with E-state index in [-0.39, 0.29) is 18.7 Å². The van der Waals surface area contributed by atoms with E-state index < -0.39 is 12.4 Å². The van der Waals surface area contributed by atoms with Crippen LogP contribution in [0.5, 0.6) is 5.75 Å². The standard InChI is InChI=1S/C19H28N2O6/c1-20-11-12-21(2)19(23)25-13-14-7-9-15(10-8-14)26-17-6-4-5-16(27-17)18(22)24-3/h7-10,16-17,20H,4-6,11-13H2,1-3H3. The van der Waals surface area contributed by atoms with Gasteiger partial charge in [-0.05, 0) is 37.6 Å². The van der Waals surface area contributed by atoms with E-state index in [0.717, 1.165) is 12.0 Å². The van der Waals surface area contributed by atoms with E-state index in [0.29, 0.717) is 31.7 Å². The van der Waals surface area contributed by atoms with Crippen LogP contribution in [0.4, 0.5) is 4.79 Å². The first kappa shape index (κ1) is 21.0. The summed E-state index contributed by atoms with van der Waals surface area (Å²) in [5.74, 6) is 0.256. The molecule has 1 fully saturated rings. The highest BCUT2D eigenvalue weighted by Gasteiger charge is 2.29. The Bertz CT molecular complexity index is 607. The summed E-state index contributed by atoms with van der Waals surface area (Å²) in [4.78, 5) is 25.0. The highest BCUT2D eigenvalue weighted by Crippen LogP contribution is 2.23. The minimum absolute atomic E-state index is 0.188. The second-order valence-electron chi connectivity index (χ2n) is 6.35. The minimum Gasteiger partial charge on any atom is -0.467 e. The molecular weight excluding hydrogens is 352 g/mol. The molecule has 0 spiro atoms. The monoisotopic (exact) mass is 380 g/mol. The highest BCUT2D eigenvalue weighted by atomic mass is 16.7. The first-order valence-electron chi connectivity index (χ1n) is 9.05. The molecule has 0 saturated carbocycles. The maximum atomic E-state index is 11.9. The first-order valence-corrected chi connectivity index (χ1v) is 9.05. The number of hydrogen-bond acceptors (Lipinski definition) is 7. The van der Waals surface area contributed by atoms with Gasteiger partial charge < -0.3 is 29.2 Å². The Morgan fingerprint density at radius 2 is 2.00 bits per heavy atom. The molecule has 1 N–H and O–H groups in total. The molecule has 8 heteroatoms. The van der Waals surface area contributed by atoms with Gasteiger partial charge in [-0.1, -0.05) is 12.1 Å². The Morgan fingerprint density at radius 1 is 1.26 bits per heavy atom. The summed E-state index contributed by atoms with van der Waals surface area (Å²) in [7, 11) is 4.87. The smallest absolute Gasteiger partial charge is 0.409 e. The average molecular weight is 380 g/mol. The van der Waals surface area contributed by atoms with Crippen molar-refractivity contribution in [3.05, 3.63) is 29.8 Å². The van der Waals surface area contributed by atoms with Crippen molar-refractivity contribution in [2.45, 2.75) is 38.3 Å². The van der Waals surface area contributed by atoms with Gasteiger partial charge in [0.2, 0.25) is 6.29 Å². The van der Waals surface area contributed by atoms with E-state index in [1.165, 1.54) is 12.0 Å². The molecule has 1 amide bonds. The number of rotatable bonds is 8. The van der Waals surface area contributed by atoms with Crippen molar-refractivity contribution in [2.24, 2.45) is 0 Å². The van der Waals surface area contributed by atoms with Crippen LogP contribution in [0.1, 0.15) is 24.8 Å². The molecule has 1 aliphatic heterocycles. The van der Waals surface area contributed by atoms with Gasteiger partial charge in [0.25, 0.3) is 0 Å². The SMILES string of the molecule is CNCCN(C)C(=O)OCc1ccc(OC2CCCC(C(=O)OC)O2)cc1. The lowest BCUT2D eigenvalue weighted by atomic mass is 10.1. The van der Waals surface area contributed by atoms with Crippen molar-refractivity contribution in [3.8, 4) is 5.75 Å². The summed E-state index contributed by atoms with van der Waals surface area (Å²) in [5.41, 5.74) is 0.856. The molecule has 1 saturated heterocycles. The number of hydrogen-bond donors (Lipinski definition) is 1. The summed E-state index contributed by atoms with van der Waals surface area (Å²) in [5, 5.41) is 2.98. The van der Waals surface area contributed by atoms with Gasteiger partial charge in [-0.25, -0.2) is 9.59 Å². The number of likely N-dealkylation sites (N-methyl/N-ethyl adjacent to an activating group) is 2. The van der Waals surface area contributed by atoms with Gasteiger partial charge in [-0.2, -0.15) is 0 Å². The summed E-state index contributed by atoms with van der Waals surface area (Å²) >= 11 is 0. The van der Waals surface area contributed by atoms with Gasteiger partial charge in [-0.3, -0.25) is 0 Å². The number of carbonyl (C=O) groups is 2. The Labute approximate surface area is 159 Å². The number of nitrogens with one attached hydrogen (secondary N) is 1. The normalized spacial score (nSPS) is 19.2. The van der Waals surface area contributed by atoms with E-state index in [4.69, 9.17) is 18.9 Å². The molecular formula is C19H28N2O6. The van der Waals surface area contributed by atoms with Gasteiger partial charge in [0.15, 0.2) is 6.10 Å². The molecule has 150 valence electrons. The number of esters is 1. The zero-order valence-electron chi connectivity index (χ0n) is 16.1. The van der Waals surface area contributed by atoms with Gasteiger partial charge >= 0.3 is 12.1 Å². The third kappa shape index (κ3) is 6.73. The molecule has 0 radical (unpaired) electrons. The topological polar surface area (TPSA) is 86.3 Å². The second-order valence-corrected chi connectivity index (χ2v) is 6.35. The molecule has 0 bridgehead atoms. The van der Waals surface area contributed by atoms with E-state index in [2.05, 4.69) is 5.32 Å². The number of amides is 1. The molecule has 1 aromatic carbocycles. The zero-order valence-corrected chi connectivity index (χ0v) is 16.1. The van der Waals surface area contributed by atoms with Crippen LogP contribution >= 0.6 is 0 Å². The Kier molecular flexibility index (Phi) is 8.35. The Balaban J connectivity index is 1.79. The predicted octanol–water partition coefficient (Wildman–Crippen LogP) is 1.92. The van der Waals surface area contributed by atoms with E-state index in [1.54, 1.807) is 19.2 Å². The van der Waals surface area contributed by atoms with Crippen LogP contribution in [0.15, 0.2) is 24.3 Å². The Hall–Kier alpha value is -2.32. The lowest BCUT2D eigenvalue weighted by molar-refractivity contribution is -0.183. The zero-order chi connectivity index (χ0) is 19.6. The number of methoxy groups -OCH3 is 1. The van der Waals surface area contributed by atoms with Crippen LogP contribution in [0.25, 0.3) is 0 Å². The highest BCUT2D eigenvalue weighted by molar-refractivity contribution is 5.74. The molecule has 2 unspecified atom stereocenters. The van der Waals surface area contributed by atoms with Crippen molar-refractivity contribution < 1.29 is 28.5 Å². The van der Waals surface area contributed by atoms with E-state index in [1.807, 2.05) is 19.2 Å². The number of benzene rings is 1. The lowest BCUT2D eigenvalue weighted by Gasteiger charge is -2.28. The van der Waals surface area contributed by atoms with Crippen molar-refractivity contribution in [1.82, 2.24) is 10.2 Å². The van der Waals surface area contributed by atoms with Crippen molar-refractivity contribution in [3.63, 3.8) is 0 Å². The summed E-state index contributed by atoms with van der Waals surface area (Å²) in [6, 6.07) is 7.24. The number of ether oxygens (including phenoxy) is 4. The Morgan fingerprint density at radius 3 is 2.67 bits per heavy atom. The number of carbonyl (C=O) groups excluding carboxylic acids is 2. The van der Waals surface area contributed by atoms with Gasteiger partial charge in [0.1, 0.15) is 12.4 Å². The minimum atomic E-state index is -0.577. The van der Waals surface area contributed by atoms with Crippen LogP contribution in [0.3, 0.4) is 0 Å². The molecule has 2 rings (SSSR count). The van der Waals surface area contributed by atoms with E-state index in [9.17, 15) is 9.59 Å². The molecule has 0 aliphatic carbocycles. The van der Waals surface area contributed by atoms with Crippen molar-refractivity contribution in [2.75, 3.05) is 34.3 Å². The molecule has 8 nitrogen and oxygen atoms in total. The first-order chi connectivity index (χ1) is 13.0. The van der Waals surface area contributed by atoms with Gasteiger partial charge in [-0.15, -0.1) is 0 Å². The van der Waals surface area contributed by atoms with Gasteiger partial charge in [0, 0.05) is 26.6 Å². The van der Waals surface area contributed by atoms with Crippen LogP contribution < -0.4 is 10.1 Å². The summed E-state index contributed by atoms with van der Waals surface area (Å²) < 4.78 is 21.4. The largest absolute Gasteiger partial charge is 0.467 e. The summed E-state index contributed by atoms with van der Waals surface area (Å²) in [6.07, 6.45) is 0.764.